The zero-order chi connectivity index (χ0) is 16.8. The molecule has 23 heavy (non-hydrogen) atoms. The number of carbonyl (C=O) groups excluding carboxylic acids is 1. The maximum atomic E-state index is 12.4. The Morgan fingerprint density at radius 3 is 2.65 bits per heavy atom. The highest BCUT2D eigenvalue weighted by atomic mass is 32.2. The van der Waals surface area contributed by atoms with Crippen molar-refractivity contribution in [2.75, 3.05) is 18.6 Å². The van der Waals surface area contributed by atoms with Crippen LogP contribution in [0.5, 0.6) is 0 Å². The van der Waals surface area contributed by atoms with Crippen molar-refractivity contribution in [1.82, 2.24) is 15.1 Å². The minimum Gasteiger partial charge on any atom is -0.396 e. The molecule has 1 amide bonds. The fourth-order valence-corrected chi connectivity index (χ4v) is 3.00. The smallest absolute Gasteiger partial charge is 0.272 e. The molecule has 0 spiro atoms. The molecule has 6 heteroatoms. The number of thioether (sulfide) groups is 1. The molecule has 1 aromatic carbocycles. The summed E-state index contributed by atoms with van der Waals surface area (Å²) in [6.07, 6.45) is 2.52. The topological polar surface area (TPSA) is 67.2 Å². The molecule has 1 aromatic heterocycles. The van der Waals surface area contributed by atoms with Gasteiger partial charge >= 0.3 is 0 Å². The van der Waals surface area contributed by atoms with Crippen LogP contribution in [-0.2, 0) is 0 Å². The lowest BCUT2D eigenvalue weighted by Crippen LogP contribution is -2.37. The second kappa shape index (κ2) is 8.17. The number of hydrogen-bond acceptors (Lipinski definition) is 4. The first kappa shape index (κ1) is 17.6. The zero-order valence-corrected chi connectivity index (χ0v) is 14.6. The zero-order valence-electron chi connectivity index (χ0n) is 13.7. The van der Waals surface area contributed by atoms with Crippen LogP contribution in [0.3, 0.4) is 0 Å². The van der Waals surface area contributed by atoms with Gasteiger partial charge in [-0.2, -0.15) is 16.9 Å². The van der Waals surface area contributed by atoms with Crippen LogP contribution in [0.2, 0.25) is 0 Å². The van der Waals surface area contributed by atoms with Gasteiger partial charge in [0.05, 0.1) is 5.69 Å². The van der Waals surface area contributed by atoms with Crippen LogP contribution in [0.15, 0.2) is 30.3 Å². The Morgan fingerprint density at radius 1 is 1.35 bits per heavy atom. The summed E-state index contributed by atoms with van der Waals surface area (Å²) in [6, 6.07) is 9.74. The summed E-state index contributed by atoms with van der Waals surface area (Å²) < 4.78 is 1.77. The predicted octanol–water partition coefficient (Wildman–Crippen LogP) is 2.33. The van der Waals surface area contributed by atoms with E-state index in [2.05, 4.69) is 10.4 Å². The molecule has 0 radical (unpaired) electrons. The Kier molecular flexibility index (Phi) is 6.24. The summed E-state index contributed by atoms with van der Waals surface area (Å²) >= 11 is 1.64. The van der Waals surface area contributed by atoms with Gasteiger partial charge in [0.2, 0.25) is 0 Å². The third-order valence-electron chi connectivity index (χ3n) is 3.58. The van der Waals surface area contributed by atoms with Crippen LogP contribution < -0.4 is 5.32 Å². The minimum absolute atomic E-state index is 0.0488. The van der Waals surface area contributed by atoms with E-state index < -0.39 is 0 Å². The molecular weight excluding hydrogens is 310 g/mol. The lowest BCUT2D eigenvalue weighted by molar-refractivity contribution is 0.0930. The van der Waals surface area contributed by atoms with E-state index in [1.807, 2.05) is 44.4 Å². The standard InChI is InChI=1S/C17H23N3O2S/c1-12-4-6-15(7-5-12)20-13(2)10-16(19-20)17(22)18-14(8-9-21)11-23-3/h4-7,10,14,21H,8-9,11H2,1-3H3,(H,18,22). The maximum absolute atomic E-state index is 12.4. The fraction of sp³-hybridized carbons (Fsp3) is 0.412. The van der Waals surface area contributed by atoms with E-state index in [0.29, 0.717) is 12.1 Å². The van der Waals surface area contributed by atoms with Crippen molar-refractivity contribution in [3.05, 3.63) is 47.3 Å². The van der Waals surface area contributed by atoms with Gasteiger partial charge in [-0.15, -0.1) is 0 Å². The van der Waals surface area contributed by atoms with E-state index in [9.17, 15) is 4.79 Å². The van der Waals surface area contributed by atoms with Crippen LogP contribution in [-0.4, -0.2) is 45.5 Å². The molecule has 124 valence electrons. The summed E-state index contributed by atoms with van der Waals surface area (Å²) in [5, 5.41) is 16.4. The van der Waals surface area contributed by atoms with E-state index in [-0.39, 0.29) is 18.6 Å². The number of rotatable bonds is 7. The molecule has 1 unspecified atom stereocenters. The number of aromatic nitrogens is 2. The first-order valence-corrected chi connectivity index (χ1v) is 8.99. The lowest BCUT2D eigenvalue weighted by Gasteiger charge is -2.15. The summed E-state index contributed by atoms with van der Waals surface area (Å²) in [5.41, 5.74) is 3.42. The van der Waals surface area contributed by atoms with Crippen molar-refractivity contribution in [3.63, 3.8) is 0 Å². The summed E-state index contributed by atoms with van der Waals surface area (Å²) in [7, 11) is 0. The number of amides is 1. The Bertz CT molecular complexity index is 646. The van der Waals surface area contributed by atoms with Gasteiger partial charge in [0.1, 0.15) is 0 Å². The molecular formula is C17H23N3O2S. The van der Waals surface area contributed by atoms with Crippen molar-refractivity contribution < 1.29 is 9.90 Å². The number of carbonyl (C=O) groups is 1. The average Bonchev–Trinajstić information content (AvgIpc) is 2.91. The van der Waals surface area contributed by atoms with E-state index >= 15 is 0 Å². The maximum Gasteiger partial charge on any atom is 0.272 e. The highest BCUT2D eigenvalue weighted by Crippen LogP contribution is 2.13. The van der Waals surface area contributed by atoms with Crippen LogP contribution in [0.1, 0.15) is 28.2 Å². The van der Waals surface area contributed by atoms with Crippen LogP contribution in [0, 0.1) is 13.8 Å². The number of aliphatic hydroxyl groups excluding tert-OH is 1. The molecule has 1 heterocycles. The summed E-state index contributed by atoms with van der Waals surface area (Å²) in [6.45, 7) is 4.02. The number of aryl methyl sites for hydroxylation is 2. The van der Waals surface area contributed by atoms with Gasteiger partial charge in [-0.1, -0.05) is 17.7 Å². The van der Waals surface area contributed by atoms with Crippen molar-refractivity contribution >= 4 is 17.7 Å². The Labute approximate surface area is 141 Å². The Hall–Kier alpha value is -1.79. The monoisotopic (exact) mass is 333 g/mol. The van der Waals surface area contributed by atoms with Gasteiger partial charge in [-0.05, 0) is 44.7 Å². The Balaban J connectivity index is 2.16. The van der Waals surface area contributed by atoms with Gasteiger partial charge in [-0.3, -0.25) is 4.79 Å². The number of benzene rings is 1. The first-order valence-electron chi connectivity index (χ1n) is 7.59. The highest BCUT2D eigenvalue weighted by molar-refractivity contribution is 7.98. The molecule has 0 fully saturated rings. The Morgan fingerprint density at radius 2 is 2.04 bits per heavy atom. The van der Waals surface area contributed by atoms with Gasteiger partial charge in [0.15, 0.2) is 5.69 Å². The molecule has 2 aromatic rings. The number of nitrogens with one attached hydrogen (secondary N) is 1. The number of hydrogen-bond donors (Lipinski definition) is 2. The van der Waals surface area contributed by atoms with E-state index in [0.717, 1.165) is 17.1 Å². The van der Waals surface area contributed by atoms with E-state index in [1.165, 1.54) is 5.56 Å². The highest BCUT2D eigenvalue weighted by Gasteiger charge is 2.17. The second-order valence-corrected chi connectivity index (χ2v) is 6.47. The number of nitrogens with zero attached hydrogens (tertiary/aromatic N) is 2. The SMILES string of the molecule is CSCC(CCO)NC(=O)c1cc(C)n(-c2ccc(C)cc2)n1. The van der Waals surface area contributed by atoms with Crippen molar-refractivity contribution in [2.45, 2.75) is 26.3 Å². The first-order chi connectivity index (χ1) is 11.0. The third-order valence-corrected chi connectivity index (χ3v) is 4.31. The summed E-state index contributed by atoms with van der Waals surface area (Å²) in [4.78, 5) is 12.4. The van der Waals surface area contributed by atoms with E-state index in [4.69, 9.17) is 5.11 Å². The fourth-order valence-electron chi connectivity index (χ4n) is 2.35. The molecule has 0 aliphatic heterocycles. The quantitative estimate of drug-likeness (QED) is 0.816. The molecule has 1 atom stereocenters. The molecule has 5 nitrogen and oxygen atoms in total. The normalized spacial score (nSPS) is 12.2. The molecule has 2 N–H and O–H groups in total. The largest absolute Gasteiger partial charge is 0.396 e. The van der Waals surface area contributed by atoms with Crippen molar-refractivity contribution in [3.8, 4) is 5.69 Å². The molecule has 0 saturated carbocycles. The van der Waals surface area contributed by atoms with Gasteiger partial charge < -0.3 is 10.4 Å². The average molecular weight is 333 g/mol. The number of aliphatic hydroxyl groups is 1. The molecule has 2 rings (SSSR count). The molecule has 0 aliphatic rings. The predicted molar refractivity (Wildman–Crippen MR) is 94.4 cm³/mol. The van der Waals surface area contributed by atoms with Gasteiger partial charge in [0.25, 0.3) is 5.91 Å². The lowest BCUT2D eigenvalue weighted by atomic mass is 10.2. The molecule has 0 bridgehead atoms. The van der Waals surface area contributed by atoms with Crippen molar-refractivity contribution in [2.24, 2.45) is 0 Å². The van der Waals surface area contributed by atoms with Crippen LogP contribution >= 0.6 is 11.8 Å². The summed E-state index contributed by atoms with van der Waals surface area (Å²) in [5.74, 6) is 0.565. The van der Waals surface area contributed by atoms with Gasteiger partial charge in [0, 0.05) is 24.1 Å². The van der Waals surface area contributed by atoms with E-state index in [1.54, 1.807) is 22.5 Å². The molecule has 0 saturated heterocycles. The molecule has 0 aliphatic carbocycles. The minimum atomic E-state index is -0.202. The second-order valence-electron chi connectivity index (χ2n) is 5.56. The van der Waals surface area contributed by atoms with Crippen molar-refractivity contribution in [1.29, 1.82) is 0 Å². The third kappa shape index (κ3) is 4.59. The van der Waals surface area contributed by atoms with Crippen LogP contribution in [0.25, 0.3) is 5.69 Å². The van der Waals surface area contributed by atoms with Gasteiger partial charge in [-0.25, -0.2) is 4.68 Å². The van der Waals surface area contributed by atoms with Crippen LogP contribution in [0.4, 0.5) is 0 Å².